The van der Waals surface area contributed by atoms with Gasteiger partial charge in [-0.3, -0.25) is 18.9 Å². The fraction of sp³-hybridized carbons (Fsp3) is 0.696. The highest BCUT2D eigenvalue weighted by molar-refractivity contribution is 7.48. The Balaban J connectivity index is 2.12. The summed E-state index contributed by atoms with van der Waals surface area (Å²) in [6.07, 6.45) is -2.83. The van der Waals surface area contributed by atoms with Crippen molar-refractivity contribution in [2.45, 2.75) is 72.6 Å². The maximum atomic E-state index is 15.1. The van der Waals surface area contributed by atoms with E-state index in [1.165, 1.54) is 18.0 Å². The summed E-state index contributed by atoms with van der Waals surface area (Å²) in [6, 6.07) is 0. The van der Waals surface area contributed by atoms with Gasteiger partial charge in [0.1, 0.15) is 17.5 Å². The van der Waals surface area contributed by atoms with Crippen LogP contribution in [-0.2, 0) is 46.7 Å². The molecule has 0 spiro atoms. The molecule has 2 rings (SSSR count). The van der Waals surface area contributed by atoms with Crippen LogP contribution in [0, 0.1) is 10.8 Å². The van der Waals surface area contributed by atoms with Gasteiger partial charge in [0.2, 0.25) is 13.6 Å². The van der Waals surface area contributed by atoms with Crippen molar-refractivity contribution in [1.29, 1.82) is 0 Å². The summed E-state index contributed by atoms with van der Waals surface area (Å²) in [5.74, 6) is -1.80. The van der Waals surface area contributed by atoms with Gasteiger partial charge in [-0.05, 0) is 48.5 Å². The minimum absolute atomic E-state index is 0.0150. The van der Waals surface area contributed by atoms with Crippen LogP contribution in [0.25, 0.3) is 0 Å². The van der Waals surface area contributed by atoms with Gasteiger partial charge in [0.05, 0.1) is 17.4 Å². The van der Waals surface area contributed by atoms with Crippen molar-refractivity contribution in [3.8, 4) is 0 Å². The number of phosphoric ester groups is 1. The molecule has 2 aliphatic rings. The molecule has 0 bridgehead atoms. The first kappa shape index (κ1) is 31.9. The highest BCUT2D eigenvalue weighted by Gasteiger charge is 2.55. The Kier molecular flexibility index (Phi) is 9.90. The molecule has 0 aliphatic carbocycles. The molecule has 1 amide bonds. The van der Waals surface area contributed by atoms with Gasteiger partial charge in [0.15, 0.2) is 12.4 Å². The monoisotopic (exact) mass is 566 g/mol. The molecule has 4 atom stereocenters. The van der Waals surface area contributed by atoms with Crippen molar-refractivity contribution < 1.29 is 56.2 Å². The molecule has 0 unspecified atom stereocenters. The highest BCUT2D eigenvalue weighted by atomic mass is 31.2. The number of nitrogens with zero attached hydrogens (tertiary/aromatic N) is 1. The van der Waals surface area contributed by atoms with E-state index in [1.54, 1.807) is 41.5 Å². The summed E-state index contributed by atoms with van der Waals surface area (Å²) in [6.45, 7) is 12.1. The van der Waals surface area contributed by atoms with E-state index in [0.29, 0.717) is 0 Å². The molecule has 0 radical (unpaired) electrons. The average Bonchev–Trinajstić information content (AvgIpc) is 3.01. The number of nitrogens with one attached hydrogen (secondary N) is 1. The number of rotatable bonds is 10. The molecule has 0 aromatic rings. The molecule has 13 nitrogen and oxygen atoms in total. The van der Waals surface area contributed by atoms with Crippen molar-refractivity contribution >= 4 is 25.7 Å². The molecule has 0 aromatic heterocycles. The molecule has 0 saturated carbocycles. The Bertz CT molecular complexity index is 970. The minimum atomic E-state index is -4.62. The maximum absolute atomic E-state index is 15.1. The van der Waals surface area contributed by atoms with Crippen LogP contribution in [0.2, 0.25) is 0 Å². The van der Waals surface area contributed by atoms with Crippen molar-refractivity contribution in [2.75, 3.05) is 20.2 Å². The van der Waals surface area contributed by atoms with Crippen LogP contribution in [0.4, 0.5) is 4.39 Å². The zero-order chi connectivity index (χ0) is 29.1. The predicted octanol–water partition coefficient (Wildman–Crippen LogP) is 2.47. The van der Waals surface area contributed by atoms with Crippen LogP contribution in [0.3, 0.4) is 0 Å². The Labute approximate surface area is 220 Å². The SMILES string of the molecule is C=C1NC(=O)C=CN1[C@@H]1O[C@](C)(COP(=O)(OCOC(=O)C(C)(C)C)OCOC(=O)C(C)(C)C)[C@@H](O)[C@H]1F. The van der Waals surface area contributed by atoms with Gasteiger partial charge in [-0.2, -0.15) is 0 Å². The van der Waals surface area contributed by atoms with Crippen LogP contribution in [-0.4, -0.2) is 72.1 Å². The number of hydrogen-bond acceptors (Lipinski definition) is 12. The Morgan fingerprint density at radius 2 is 1.63 bits per heavy atom. The van der Waals surface area contributed by atoms with Crippen LogP contribution in [0.15, 0.2) is 24.7 Å². The van der Waals surface area contributed by atoms with Crippen LogP contribution in [0.5, 0.6) is 0 Å². The predicted molar refractivity (Wildman–Crippen MR) is 129 cm³/mol. The molecule has 38 heavy (non-hydrogen) atoms. The van der Waals surface area contributed by atoms with E-state index in [-0.39, 0.29) is 5.82 Å². The zero-order valence-electron chi connectivity index (χ0n) is 22.5. The van der Waals surface area contributed by atoms with Gasteiger partial charge in [0.25, 0.3) is 5.91 Å². The standard InChI is InChI=1S/C23H36FN2O11P/c1-14-25-15(27)9-10-26(14)18-16(24)17(28)23(8,37-18)11-34-38(31,35-12-32-19(29)21(2,3)4)36-13-33-20(30)22(5,6)7/h9-10,16-18,28H,1,11-13H2,2-8H3,(H,25,27)/t16-,17+,18-,23-/m1/s1. The van der Waals surface area contributed by atoms with E-state index in [9.17, 15) is 24.1 Å². The number of esters is 2. The number of phosphoric acid groups is 1. The summed E-state index contributed by atoms with van der Waals surface area (Å²) in [5.41, 5.74) is -3.56. The topological polar surface area (TPSA) is 159 Å². The second-order valence-electron chi connectivity index (χ2n) is 10.9. The van der Waals surface area contributed by atoms with E-state index in [0.717, 1.165) is 6.08 Å². The van der Waals surface area contributed by atoms with E-state index < -0.39 is 80.8 Å². The number of alkyl halides is 1. The zero-order valence-corrected chi connectivity index (χ0v) is 23.4. The summed E-state index contributed by atoms with van der Waals surface area (Å²) in [7, 11) is -4.62. The Hall–Kier alpha value is -2.35. The van der Waals surface area contributed by atoms with Crippen molar-refractivity contribution in [3.63, 3.8) is 0 Å². The third-order valence-corrected chi connectivity index (χ3v) is 6.65. The number of carbonyl (C=O) groups is 3. The summed E-state index contributed by atoms with van der Waals surface area (Å²) >= 11 is 0. The van der Waals surface area contributed by atoms with Gasteiger partial charge >= 0.3 is 19.8 Å². The smallest absolute Gasteiger partial charge is 0.437 e. The van der Waals surface area contributed by atoms with E-state index >= 15 is 4.39 Å². The van der Waals surface area contributed by atoms with E-state index in [4.69, 9.17) is 27.8 Å². The van der Waals surface area contributed by atoms with Gasteiger partial charge in [-0.1, -0.05) is 6.58 Å². The second-order valence-corrected chi connectivity index (χ2v) is 12.6. The van der Waals surface area contributed by atoms with Crippen molar-refractivity contribution in [1.82, 2.24) is 10.2 Å². The third-order valence-electron chi connectivity index (χ3n) is 5.37. The van der Waals surface area contributed by atoms with Gasteiger partial charge < -0.3 is 29.5 Å². The van der Waals surface area contributed by atoms with E-state index in [1.807, 2.05) is 0 Å². The Morgan fingerprint density at radius 1 is 1.13 bits per heavy atom. The fourth-order valence-electron chi connectivity index (χ4n) is 3.00. The normalized spacial score (nSPS) is 26.3. The lowest BCUT2D eigenvalue weighted by Gasteiger charge is -2.33. The number of amides is 1. The molecule has 0 aromatic carbocycles. The quantitative estimate of drug-likeness (QED) is 0.226. The van der Waals surface area contributed by atoms with Crippen LogP contribution < -0.4 is 5.32 Å². The molecule has 2 N–H and O–H groups in total. The number of aliphatic hydroxyl groups excluding tert-OH is 1. The molecule has 216 valence electrons. The molecular formula is C23H36FN2O11P. The number of aliphatic hydroxyl groups is 1. The lowest BCUT2D eigenvalue weighted by atomic mass is 9.98. The molecule has 2 heterocycles. The molecular weight excluding hydrogens is 530 g/mol. The minimum Gasteiger partial charge on any atom is -0.437 e. The highest BCUT2D eigenvalue weighted by Crippen LogP contribution is 2.51. The average molecular weight is 567 g/mol. The molecule has 15 heteroatoms. The van der Waals surface area contributed by atoms with Crippen molar-refractivity contribution in [2.24, 2.45) is 10.8 Å². The fourth-order valence-corrected chi connectivity index (χ4v) is 4.00. The summed E-state index contributed by atoms with van der Waals surface area (Å²) in [5, 5.41) is 13.0. The summed E-state index contributed by atoms with van der Waals surface area (Å²) in [4.78, 5) is 36.7. The number of hydrogen-bond donors (Lipinski definition) is 2. The number of ether oxygens (including phenoxy) is 3. The molecule has 1 saturated heterocycles. The lowest BCUT2D eigenvalue weighted by Crippen LogP contribution is -2.45. The van der Waals surface area contributed by atoms with Crippen LogP contribution >= 0.6 is 7.82 Å². The Morgan fingerprint density at radius 3 is 2.08 bits per heavy atom. The maximum Gasteiger partial charge on any atom is 0.480 e. The van der Waals surface area contributed by atoms with Crippen molar-refractivity contribution in [3.05, 3.63) is 24.7 Å². The summed E-state index contributed by atoms with van der Waals surface area (Å²) < 4.78 is 59.3. The van der Waals surface area contributed by atoms with Gasteiger partial charge in [-0.25, -0.2) is 18.0 Å². The molecule has 2 aliphatic heterocycles. The van der Waals surface area contributed by atoms with Crippen LogP contribution in [0.1, 0.15) is 48.5 Å². The first-order valence-corrected chi connectivity index (χ1v) is 13.1. The lowest BCUT2D eigenvalue weighted by molar-refractivity contribution is -0.165. The van der Waals surface area contributed by atoms with Gasteiger partial charge in [0, 0.05) is 12.3 Å². The van der Waals surface area contributed by atoms with E-state index in [2.05, 4.69) is 11.9 Å². The second kappa shape index (κ2) is 11.8. The first-order valence-electron chi connectivity index (χ1n) is 11.6. The third kappa shape index (κ3) is 8.08. The number of carbonyl (C=O) groups excluding carboxylic acids is 3. The number of halogens is 1. The van der Waals surface area contributed by atoms with Gasteiger partial charge in [-0.15, -0.1) is 0 Å². The molecule has 1 fully saturated rings. The largest absolute Gasteiger partial charge is 0.480 e. The first-order chi connectivity index (χ1) is 17.3.